The number of ether oxygens (including phenoxy) is 3. The summed E-state index contributed by atoms with van der Waals surface area (Å²) in [5, 5.41) is 11.0. The number of nitro benzene ring substituents is 1. The smallest absolute Gasteiger partial charge is 0.343 e. The van der Waals surface area contributed by atoms with Crippen molar-refractivity contribution in [2.45, 2.75) is 0 Å². The van der Waals surface area contributed by atoms with E-state index in [2.05, 4.69) is 25.4 Å². The van der Waals surface area contributed by atoms with Crippen LogP contribution < -0.4 is 4.74 Å². The Labute approximate surface area is 121 Å². The first-order chi connectivity index (χ1) is 9.40. The van der Waals surface area contributed by atoms with Crippen LogP contribution >= 0.6 is 15.9 Å². The molecule has 0 heterocycles. The van der Waals surface area contributed by atoms with Crippen molar-refractivity contribution in [3.63, 3.8) is 0 Å². The molecule has 0 fully saturated rings. The molecule has 0 radical (unpaired) electrons. The van der Waals surface area contributed by atoms with Crippen LogP contribution in [0.5, 0.6) is 5.75 Å². The van der Waals surface area contributed by atoms with E-state index in [1.807, 2.05) is 0 Å². The zero-order chi connectivity index (χ0) is 15.3. The summed E-state index contributed by atoms with van der Waals surface area (Å²) in [6.45, 7) is -0.567. The number of nitro groups is 1. The lowest BCUT2D eigenvalue weighted by atomic mass is 10.1. The van der Waals surface area contributed by atoms with Gasteiger partial charge in [0.05, 0.1) is 19.1 Å². The molecule has 1 aromatic rings. The predicted octanol–water partition coefficient (Wildman–Crippen LogP) is 1.70. The van der Waals surface area contributed by atoms with Crippen LogP contribution in [-0.2, 0) is 14.3 Å². The first-order valence-corrected chi connectivity index (χ1v) is 5.95. The van der Waals surface area contributed by atoms with E-state index < -0.39 is 29.2 Å². The number of hydrogen-bond donors (Lipinski definition) is 0. The standard InChI is InChI=1S/C11H10BrNO7/c1-18-9(14)5-20-10-7(11(15)19-2)3-6(12)4-8(10)13(16)17/h3-4H,5H2,1-2H3. The van der Waals surface area contributed by atoms with Crippen molar-refractivity contribution in [3.8, 4) is 5.75 Å². The largest absolute Gasteiger partial charge is 0.474 e. The first kappa shape index (κ1) is 15.9. The van der Waals surface area contributed by atoms with Crippen LogP contribution in [0.3, 0.4) is 0 Å². The Kier molecular flexibility index (Phi) is 5.44. The van der Waals surface area contributed by atoms with E-state index in [1.165, 1.54) is 6.07 Å². The normalized spacial score (nSPS) is 9.75. The molecule has 0 N–H and O–H groups in total. The van der Waals surface area contributed by atoms with Gasteiger partial charge in [-0.3, -0.25) is 10.1 Å². The molecule has 0 bridgehead atoms. The van der Waals surface area contributed by atoms with E-state index in [-0.39, 0.29) is 11.3 Å². The molecule has 0 aromatic heterocycles. The number of rotatable bonds is 5. The molecule has 0 amide bonds. The molecule has 0 saturated heterocycles. The van der Waals surface area contributed by atoms with E-state index >= 15 is 0 Å². The number of esters is 2. The second-order valence-corrected chi connectivity index (χ2v) is 4.33. The number of halogens is 1. The number of methoxy groups -OCH3 is 2. The zero-order valence-corrected chi connectivity index (χ0v) is 12.1. The molecule has 8 nitrogen and oxygen atoms in total. The second kappa shape index (κ2) is 6.85. The van der Waals surface area contributed by atoms with Gasteiger partial charge in [0, 0.05) is 10.5 Å². The van der Waals surface area contributed by atoms with Gasteiger partial charge in [-0.1, -0.05) is 15.9 Å². The monoisotopic (exact) mass is 347 g/mol. The third-order valence-corrected chi connectivity index (χ3v) is 2.66. The highest BCUT2D eigenvalue weighted by molar-refractivity contribution is 9.10. The van der Waals surface area contributed by atoms with Gasteiger partial charge in [0.2, 0.25) is 5.75 Å². The summed E-state index contributed by atoms with van der Waals surface area (Å²) < 4.78 is 14.2. The molecule has 1 aromatic carbocycles. The molecule has 108 valence electrons. The molecule has 0 unspecified atom stereocenters. The third kappa shape index (κ3) is 3.67. The predicted molar refractivity (Wildman–Crippen MR) is 69.6 cm³/mol. The minimum Gasteiger partial charge on any atom is -0.474 e. The number of carbonyl (C=O) groups is 2. The number of carbonyl (C=O) groups excluding carboxylic acids is 2. The lowest BCUT2D eigenvalue weighted by Crippen LogP contribution is -2.15. The summed E-state index contributed by atoms with van der Waals surface area (Å²) >= 11 is 3.05. The molecule has 0 aliphatic carbocycles. The highest BCUT2D eigenvalue weighted by atomic mass is 79.9. The van der Waals surface area contributed by atoms with Gasteiger partial charge < -0.3 is 14.2 Å². The second-order valence-electron chi connectivity index (χ2n) is 3.42. The lowest BCUT2D eigenvalue weighted by Gasteiger charge is -2.10. The minimum atomic E-state index is -0.825. The average Bonchev–Trinajstić information content (AvgIpc) is 2.43. The fraction of sp³-hybridized carbons (Fsp3) is 0.273. The molecule has 20 heavy (non-hydrogen) atoms. The van der Waals surface area contributed by atoms with E-state index in [0.717, 1.165) is 20.3 Å². The Bertz CT molecular complexity index is 558. The van der Waals surface area contributed by atoms with Crippen molar-refractivity contribution in [1.82, 2.24) is 0 Å². The molecule has 0 aliphatic rings. The van der Waals surface area contributed by atoms with E-state index in [0.29, 0.717) is 4.47 Å². The van der Waals surface area contributed by atoms with Crippen molar-refractivity contribution in [2.75, 3.05) is 20.8 Å². The molecule has 0 aliphatic heterocycles. The molecular formula is C11H10BrNO7. The van der Waals surface area contributed by atoms with Crippen LogP contribution in [0.15, 0.2) is 16.6 Å². The van der Waals surface area contributed by atoms with Gasteiger partial charge in [-0.25, -0.2) is 9.59 Å². The SMILES string of the molecule is COC(=O)COc1c(C(=O)OC)cc(Br)cc1[N+](=O)[O-]. The van der Waals surface area contributed by atoms with Crippen molar-refractivity contribution < 1.29 is 28.7 Å². The van der Waals surface area contributed by atoms with Gasteiger partial charge in [0.1, 0.15) is 5.56 Å². The molecule has 0 saturated carbocycles. The van der Waals surface area contributed by atoms with Crippen LogP contribution in [0.25, 0.3) is 0 Å². The zero-order valence-electron chi connectivity index (χ0n) is 10.5. The fourth-order valence-corrected chi connectivity index (χ4v) is 1.76. The van der Waals surface area contributed by atoms with Crippen molar-refractivity contribution in [1.29, 1.82) is 0 Å². The molecule has 1 rings (SSSR count). The molecular weight excluding hydrogens is 338 g/mol. The van der Waals surface area contributed by atoms with Crippen LogP contribution in [0.1, 0.15) is 10.4 Å². The van der Waals surface area contributed by atoms with Gasteiger partial charge in [-0.2, -0.15) is 0 Å². The Morgan fingerprint density at radius 1 is 1.30 bits per heavy atom. The van der Waals surface area contributed by atoms with Gasteiger partial charge in [-0.05, 0) is 6.07 Å². The highest BCUT2D eigenvalue weighted by Crippen LogP contribution is 2.35. The Morgan fingerprint density at radius 3 is 2.45 bits per heavy atom. The molecule has 0 atom stereocenters. The van der Waals surface area contributed by atoms with Gasteiger partial charge in [-0.15, -0.1) is 0 Å². The van der Waals surface area contributed by atoms with Crippen molar-refractivity contribution >= 4 is 33.6 Å². The minimum absolute atomic E-state index is 0.169. The first-order valence-electron chi connectivity index (χ1n) is 5.16. The Balaban J connectivity index is 3.30. The van der Waals surface area contributed by atoms with Crippen LogP contribution in [0.4, 0.5) is 5.69 Å². The Hall–Kier alpha value is -2.16. The lowest BCUT2D eigenvalue weighted by molar-refractivity contribution is -0.385. The molecule has 0 spiro atoms. The summed E-state index contributed by atoms with van der Waals surface area (Å²) in [5.74, 6) is -1.91. The van der Waals surface area contributed by atoms with Gasteiger partial charge >= 0.3 is 17.6 Å². The number of hydrogen-bond acceptors (Lipinski definition) is 7. The van der Waals surface area contributed by atoms with Gasteiger partial charge in [0.25, 0.3) is 0 Å². The van der Waals surface area contributed by atoms with E-state index in [4.69, 9.17) is 4.74 Å². The van der Waals surface area contributed by atoms with Crippen LogP contribution in [0, 0.1) is 10.1 Å². The molecule has 9 heteroatoms. The topological polar surface area (TPSA) is 105 Å². The maximum absolute atomic E-state index is 11.6. The van der Waals surface area contributed by atoms with Crippen molar-refractivity contribution in [3.05, 3.63) is 32.3 Å². The summed E-state index contributed by atoms with van der Waals surface area (Å²) in [6, 6.07) is 2.45. The third-order valence-electron chi connectivity index (χ3n) is 2.20. The van der Waals surface area contributed by atoms with Crippen LogP contribution in [0.2, 0.25) is 0 Å². The van der Waals surface area contributed by atoms with E-state index in [1.54, 1.807) is 0 Å². The summed E-state index contributed by atoms with van der Waals surface area (Å²) in [5.41, 5.74) is -0.638. The average molecular weight is 348 g/mol. The maximum Gasteiger partial charge on any atom is 0.343 e. The van der Waals surface area contributed by atoms with Crippen LogP contribution in [-0.4, -0.2) is 37.7 Å². The summed E-state index contributed by atoms with van der Waals surface area (Å²) in [4.78, 5) is 32.9. The number of benzene rings is 1. The quantitative estimate of drug-likeness (QED) is 0.453. The van der Waals surface area contributed by atoms with Gasteiger partial charge in [0.15, 0.2) is 6.61 Å². The number of nitrogens with zero attached hydrogens (tertiary/aromatic N) is 1. The highest BCUT2D eigenvalue weighted by Gasteiger charge is 2.26. The fourth-order valence-electron chi connectivity index (χ4n) is 1.32. The maximum atomic E-state index is 11.6. The Morgan fingerprint density at radius 2 is 1.95 bits per heavy atom. The van der Waals surface area contributed by atoms with E-state index in [9.17, 15) is 19.7 Å². The summed E-state index contributed by atoms with van der Waals surface area (Å²) in [7, 11) is 2.27. The van der Waals surface area contributed by atoms with Crippen molar-refractivity contribution in [2.24, 2.45) is 0 Å². The summed E-state index contributed by atoms with van der Waals surface area (Å²) in [6.07, 6.45) is 0.